The molecule has 0 saturated carbocycles. The molecule has 0 fully saturated rings. The smallest absolute Gasteiger partial charge is 0.303 e. The van der Waals surface area contributed by atoms with E-state index in [9.17, 15) is 19.5 Å². The molecule has 9 nitrogen and oxygen atoms in total. The van der Waals surface area contributed by atoms with Crippen LogP contribution in [0.2, 0.25) is 0 Å². The number of carboxylic acids is 1. The SMILES string of the molecule is O=C(O)CCCNC(=O)c1nc(-c2cccnc2)c2[nH]c(=O)c(-c3ccccc3)c(Cc3ccccc3)c2c1O. The number of benzene rings is 2. The van der Waals surface area contributed by atoms with Gasteiger partial charge in [-0.25, -0.2) is 4.98 Å². The predicted molar refractivity (Wildman–Crippen MR) is 151 cm³/mol. The van der Waals surface area contributed by atoms with Crippen molar-refractivity contribution in [3.05, 3.63) is 112 Å². The number of aromatic amines is 1. The first-order chi connectivity index (χ1) is 19.4. The van der Waals surface area contributed by atoms with E-state index in [-0.39, 0.29) is 47.6 Å². The van der Waals surface area contributed by atoms with Crippen molar-refractivity contribution in [1.29, 1.82) is 0 Å². The number of amides is 1. The molecule has 3 aromatic heterocycles. The van der Waals surface area contributed by atoms with Crippen LogP contribution in [0.5, 0.6) is 5.75 Å². The standard InChI is InChI=1S/C31H26N4O5/c36-23(37)14-8-16-33-31(40)28-29(38)25-22(17-19-9-3-1-4-10-19)24(20-11-5-2-6-12-20)30(39)35-27(25)26(34-28)21-13-7-15-32-18-21/h1-7,9-13,15,18,38H,8,14,16-17H2,(H,33,40)(H,35,39)(H,36,37). The predicted octanol–water partition coefficient (Wildman–Crippen LogP) is 4.54. The summed E-state index contributed by atoms with van der Waals surface area (Å²) in [6.45, 7) is 0.0876. The number of nitrogens with one attached hydrogen (secondary N) is 2. The molecule has 0 aliphatic carbocycles. The first-order valence-corrected chi connectivity index (χ1v) is 12.8. The van der Waals surface area contributed by atoms with Crippen LogP contribution in [0, 0.1) is 0 Å². The van der Waals surface area contributed by atoms with Crippen molar-refractivity contribution in [2.45, 2.75) is 19.3 Å². The van der Waals surface area contributed by atoms with Crippen LogP contribution in [0.1, 0.15) is 34.5 Å². The van der Waals surface area contributed by atoms with Crippen LogP contribution in [0.4, 0.5) is 0 Å². The van der Waals surface area contributed by atoms with E-state index in [4.69, 9.17) is 5.11 Å². The molecule has 3 heterocycles. The van der Waals surface area contributed by atoms with Gasteiger partial charge in [0.25, 0.3) is 11.5 Å². The molecule has 200 valence electrons. The molecule has 0 aliphatic heterocycles. The molecule has 0 aliphatic rings. The minimum absolute atomic E-state index is 0.0876. The van der Waals surface area contributed by atoms with Gasteiger partial charge in [0.15, 0.2) is 11.4 Å². The van der Waals surface area contributed by atoms with E-state index in [1.165, 1.54) is 0 Å². The lowest BCUT2D eigenvalue weighted by molar-refractivity contribution is -0.137. The van der Waals surface area contributed by atoms with Gasteiger partial charge < -0.3 is 20.5 Å². The van der Waals surface area contributed by atoms with Crippen LogP contribution < -0.4 is 10.9 Å². The maximum Gasteiger partial charge on any atom is 0.303 e. The van der Waals surface area contributed by atoms with Gasteiger partial charge >= 0.3 is 5.97 Å². The second-order valence-electron chi connectivity index (χ2n) is 9.24. The third-order valence-electron chi connectivity index (χ3n) is 6.53. The van der Waals surface area contributed by atoms with Gasteiger partial charge in [0.1, 0.15) is 0 Å². The maximum absolute atomic E-state index is 13.7. The molecule has 0 atom stereocenters. The second-order valence-corrected chi connectivity index (χ2v) is 9.24. The second kappa shape index (κ2) is 11.6. The van der Waals surface area contributed by atoms with E-state index in [1.54, 1.807) is 24.5 Å². The van der Waals surface area contributed by atoms with Crippen molar-refractivity contribution in [1.82, 2.24) is 20.3 Å². The number of fused-ring (bicyclic) bond motifs is 1. The Balaban J connectivity index is 1.79. The highest BCUT2D eigenvalue weighted by Gasteiger charge is 2.26. The number of hydrogen-bond donors (Lipinski definition) is 4. The summed E-state index contributed by atoms with van der Waals surface area (Å²) in [5.41, 5.74) is 3.00. The van der Waals surface area contributed by atoms with Crippen molar-refractivity contribution >= 4 is 22.8 Å². The highest BCUT2D eigenvalue weighted by Crippen LogP contribution is 2.39. The minimum Gasteiger partial charge on any atom is -0.505 e. The molecule has 0 unspecified atom stereocenters. The number of H-pyrrole nitrogens is 1. The van der Waals surface area contributed by atoms with Gasteiger partial charge in [-0.2, -0.15) is 0 Å². The van der Waals surface area contributed by atoms with E-state index >= 15 is 0 Å². The monoisotopic (exact) mass is 534 g/mol. The third kappa shape index (κ3) is 5.44. The van der Waals surface area contributed by atoms with E-state index < -0.39 is 11.9 Å². The highest BCUT2D eigenvalue weighted by molar-refractivity contribution is 6.07. The molecule has 2 aromatic carbocycles. The molecule has 0 saturated heterocycles. The molecule has 0 radical (unpaired) electrons. The lowest BCUT2D eigenvalue weighted by Crippen LogP contribution is -2.26. The van der Waals surface area contributed by atoms with Gasteiger partial charge in [-0.1, -0.05) is 60.7 Å². The fraction of sp³-hybridized carbons (Fsp3) is 0.129. The quantitative estimate of drug-likeness (QED) is 0.203. The number of carboxylic acid groups (broad SMARTS) is 1. The van der Waals surface area contributed by atoms with Crippen LogP contribution in [0.3, 0.4) is 0 Å². The van der Waals surface area contributed by atoms with Crippen molar-refractivity contribution in [2.75, 3.05) is 6.54 Å². The molecule has 4 N–H and O–H groups in total. The number of aliphatic carboxylic acids is 1. The number of rotatable bonds is 9. The Hall–Kier alpha value is -5.31. The summed E-state index contributed by atoms with van der Waals surface area (Å²) < 4.78 is 0. The first-order valence-electron chi connectivity index (χ1n) is 12.8. The van der Waals surface area contributed by atoms with Gasteiger partial charge in [-0.05, 0) is 41.7 Å². The molecule has 0 bridgehead atoms. The molecule has 9 heteroatoms. The van der Waals surface area contributed by atoms with Crippen molar-refractivity contribution < 1.29 is 19.8 Å². The molecular formula is C31H26N4O5. The van der Waals surface area contributed by atoms with E-state index in [0.29, 0.717) is 34.1 Å². The molecule has 40 heavy (non-hydrogen) atoms. The minimum atomic E-state index is -0.970. The van der Waals surface area contributed by atoms with E-state index in [1.807, 2.05) is 60.7 Å². The summed E-state index contributed by atoms with van der Waals surface area (Å²) in [5, 5.41) is 23.5. The molecule has 5 aromatic rings. The number of hydrogen-bond acceptors (Lipinski definition) is 6. The van der Waals surface area contributed by atoms with E-state index in [2.05, 4.69) is 20.3 Å². The van der Waals surface area contributed by atoms with Crippen molar-refractivity contribution in [3.8, 4) is 28.1 Å². The Labute approximate surface area is 229 Å². The zero-order valence-electron chi connectivity index (χ0n) is 21.4. The molecule has 1 amide bonds. The highest BCUT2D eigenvalue weighted by atomic mass is 16.4. The lowest BCUT2D eigenvalue weighted by Gasteiger charge is -2.18. The van der Waals surface area contributed by atoms with Crippen LogP contribution in [-0.2, 0) is 11.2 Å². The van der Waals surface area contributed by atoms with Gasteiger partial charge in [-0.3, -0.25) is 19.4 Å². The number of carbonyl (C=O) groups excluding carboxylic acids is 1. The molecule has 0 spiro atoms. The Morgan fingerprint density at radius 1 is 0.925 bits per heavy atom. The van der Waals surface area contributed by atoms with Gasteiger partial charge in [0.2, 0.25) is 0 Å². The normalized spacial score (nSPS) is 10.9. The van der Waals surface area contributed by atoms with Crippen LogP contribution in [0.25, 0.3) is 33.3 Å². The maximum atomic E-state index is 13.7. The zero-order chi connectivity index (χ0) is 28.1. The number of nitrogens with zero attached hydrogens (tertiary/aromatic N) is 2. The summed E-state index contributed by atoms with van der Waals surface area (Å²) in [6.07, 6.45) is 3.57. The summed E-state index contributed by atoms with van der Waals surface area (Å²) in [6, 6.07) is 22.2. The van der Waals surface area contributed by atoms with Crippen molar-refractivity contribution in [2.24, 2.45) is 0 Å². The van der Waals surface area contributed by atoms with Gasteiger partial charge in [0, 0.05) is 36.3 Å². The summed E-state index contributed by atoms with van der Waals surface area (Å²) in [4.78, 5) is 49.4. The topological polar surface area (TPSA) is 145 Å². The fourth-order valence-electron chi connectivity index (χ4n) is 4.71. The number of carbonyl (C=O) groups is 2. The summed E-state index contributed by atoms with van der Waals surface area (Å²) >= 11 is 0. The Kier molecular flexibility index (Phi) is 7.63. The summed E-state index contributed by atoms with van der Waals surface area (Å²) in [5.74, 6) is -2.01. The van der Waals surface area contributed by atoms with Crippen LogP contribution in [-0.4, -0.2) is 43.6 Å². The first kappa shape index (κ1) is 26.3. The van der Waals surface area contributed by atoms with Crippen molar-refractivity contribution in [3.63, 3.8) is 0 Å². The Morgan fingerprint density at radius 2 is 1.62 bits per heavy atom. The van der Waals surface area contributed by atoms with Crippen LogP contribution in [0.15, 0.2) is 90.0 Å². The van der Waals surface area contributed by atoms with Gasteiger partial charge in [-0.15, -0.1) is 0 Å². The number of aromatic hydroxyl groups is 1. The average Bonchev–Trinajstić information content (AvgIpc) is 2.96. The van der Waals surface area contributed by atoms with E-state index in [0.717, 1.165) is 5.56 Å². The number of aromatic nitrogens is 3. The Morgan fingerprint density at radius 3 is 2.30 bits per heavy atom. The number of pyridine rings is 3. The largest absolute Gasteiger partial charge is 0.505 e. The fourth-order valence-corrected chi connectivity index (χ4v) is 4.71. The molecular weight excluding hydrogens is 508 g/mol. The molecule has 5 rings (SSSR count). The lowest BCUT2D eigenvalue weighted by atomic mass is 9.91. The average molecular weight is 535 g/mol. The zero-order valence-corrected chi connectivity index (χ0v) is 21.4. The van der Waals surface area contributed by atoms with Gasteiger partial charge in [0.05, 0.1) is 16.8 Å². The Bertz CT molecular complexity index is 1740. The van der Waals surface area contributed by atoms with Crippen LogP contribution >= 0.6 is 0 Å². The third-order valence-corrected chi connectivity index (χ3v) is 6.53. The summed E-state index contributed by atoms with van der Waals surface area (Å²) in [7, 11) is 0.